The minimum Gasteiger partial charge on any atom is -0.421 e. The van der Waals surface area contributed by atoms with E-state index >= 15 is 0 Å². The quantitative estimate of drug-likeness (QED) is 0.0563. The largest absolute Gasteiger partial charge is 0.421 e. The van der Waals surface area contributed by atoms with Gasteiger partial charge in [0.1, 0.15) is 5.69 Å². The number of carbonyl (C=O) groups excluding carboxylic acids is 2. The second-order valence-electron chi connectivity index (χ2n) is 8.75. The molecule has 0 bridgehead atoms. The van der Waals surface area contributed by atoms with Crippen molar-refractivity contribution in [3.63, 3.8) is 0 Å². The lowest BCUT2D eigenvalue weighted by Crippen LogP contribution is -2.19. The Balaban J connectivity index is 1.44. The van der Waals surface area contributed by atoms with Crippen molar-refractivity contribution in [2.45, 2.75) is 0 Å². The molecule has 42 heavy (non-hydrogen) atoms. The van der Waals surface area contributed by atoms with E-state index in [-0.39, 0.29) is 22.7 Å². The third-order valence-electron chi connectivity index (χ3n) is 6.03. The Labute approximate surface area is 268 Å². The summed E-state index contributed by atoms with van der Waals surface area (Å²) in [6.45, 7) is 0. The smallest absolute Gasteiger partial charge is 0.343 e. The Hall–Kier alpha value is -3.84. The summed E-state index contributed by atoms with van der Waals surface area (Å²) in [5.41, 5.74) is 5.18. The fraction of sp³-hybridized carbons (Fsp3) is 0. The van der Waals surface area contributed by atoms with E-state index < -0.39 is 16.8 Å². The first-order chi connectivity index (χ1) is 20.1. The Kier molecular flexibility index (Phi) is 8.88. The number of nitrogens with one attached hydrogen (secondary N) is 2. The maximum absolute atomic E-state index is 13.4. The summed E-state index contributed by atoms with van der Waals surface area (Å²) in [7, 11) is 0. The van der Waals surface area contributed by atoms with Crippen molar-refractivity contribution in [1.29, 1.82) is 0 Å². The molecule has 13 heteroatoms. The van der Waals surface area contributed by atoms with Gasteiger partial charge in [-0.3, -0.25) is 14.9 Å². The molecule has 0 atom stereocenters. The molecule has 2 N–H and O–H groups in total. The molecule has 0 aliphatic rings. The summed E-state index contributed by atoms with van der Waals surface area (Å²) in [5, 5.41) is 16.2. The molecule has 1 aromatic heterocycles. The van der Waals surface area contributed by atoms with Crippen LogP contribution in [0.5, 0.6) is 5.75 Å². The highest BCUT2D eigenvalue weighted by Crippen LogP contribution is 2.38. The molecule has 1 heterocycles. The van der Waals surface area contributed by atoms with Gasteiger partial charge in [0.05, 0.1) is 31.7 Å². The molecule has 0 saturated carbocycles. The fourth-order valence-electron chi connectivity index (χ4n) is 4.17. The number of fused-ring (bicyclic) bond motifs is 1. The maximum atomic E-state index is 13.4. The summed E-state index contributed by atoms with van der Waals surface area (Å²) in [6.07, 6.45) is 1.33. The highest BCUT2D eigenvalue weighted by Gasteiger charge is 2.21. The lowest BCUT2D eigenvalue weighted by atomic mass is 10.0. The number of nitro groups is 1. The summed E-state index contributed by atoms with van der Waals surface area (Å²) in [5.74, 6) is -1.13. The van der Waals surface area contributed by atoms with Gasteiger partial charge in [-0.25, -0.2) is 10.2 Å². The van der Waals surface area contributed by atoms with Gasteiger partial charge < -0.3 is 9.72 Å². The highest BCUT2D eigenvalue weighted by molar-refractivity contribution is 9.11. The number of halogens is 4. The summed E-state index contributed by atoms with van der Waals surface area (Å²) in [4.78, 5) is 39.7. The zero-order valence-corrected chi connectivity index (χ0v) is 26.5. The van der Waals surface area contributed by atoms with Crippen LogP contribution in [-0.2, 0) is 0 Å². The van der Waals surface area contributed by atoms with E-state index in [0.29, 0.717) is 30.6 Å². The molecule has 0 fully saturated rings. The van der Waals surface area contributed by atoms with Crippen molar-refractivity contribution in [2.24, 2.45) is 5.10 Å². The van der Waals surface area contributed by atoms with Gasteiger partial charge in [0.2, 0.25) is 0 Å². The molecule has 0 spiro atoms. The van der Waals surface area contributed by atoms with Crippen molar-refractivity contribution >= 4 is 94.1 Å². The zero-order valence-electron chi connectivity index (χ0n) is 21.0. The van der Waals surface area contributed by atoms with Crippen molar-refractivity contribution in [3.05, 3.63) is 124 Å². The number of benzene rings is 4. The van der Waals surface area contributed by atoms with E-state index in [1.807, 2.05) is 36.4 Å². The minimum atomic E-state index is -0.736. The SMILES string of the molecule is O=C(Oc1c(Br)cc(Br)cc1C=NNC(=O)c1[nH]c2c(Cl)cc(Br)cc2c1-c1ccccc1)c1ccc([N+](=O)[O-])cc1. The van der Waals surface area contributed by atoms with Crippen LogP contribution in [0.3, 0.4) is 0 Å². The number of amides is 1. The average Bonchev–Trinajstić information content (AvgIpc) is 3.35. The Morgan fingerprint density at radius 2 is 1.67 bits per heavy atom. The van der Waals surface area contributed by atoms with Gasteiger partial charge in [0.25, 0.3) is 11.6 Å². The predicted molar refractivity (Wildman–Crippen MR) is 171 cm³/mol. The van der Waals surface area contributed by atoms with Crippen molar-refractivity contribution in [3.8, 4) is 16.9 Å². The van der Waals surface area contributed by atoms with E-state index in [2.05, 4.69) is 63.3 Å². The number of aromatic nitrogens is 1. The molecule has 210 valence electrons. The van der Waals surface area contributed by atoms with E-state index in [1.165, 1.54) is 30.5 Å². The number of nitrogens with zero attached hydrogens (tertiary/aromatic N) is 2. The standard InChI is InChI=1S/C29H16Br3ClN4O5/c30-18-10-17(27(22(32)12-18)42-29(39)16-6-8-20(9-7-16)37(40)41)14-34-36-28(38)26-24(15-4-2-1-3-5-15)21-11-19(31)13-23(33)25(21)35-26/h1-14,35H,(H,36,38). The van der Waals surface area contributed by atoms with Crippen molar-refractivity contribution in [1.82, 2.24) is 10.4 Å². The number of hydrogen-bond donors (Lipinski definition) is 2. The van der Waals surface area contributed by atoms with Gasteiger partial charge >= 0.3 is 5.97 Å². The first-order valence-corrected chi connectivity index (χ1v) is 14.7. The van der Waals surface area contributed by atoms with Crippen LogP contribution < -0.4 is 10.2 Å². The molecule has 9 nitrogen and oxygen atoms in total. The normalized spacial score (nSPS) is 11.1. The second kappa shape index (κ2) is 12.6. The van der Waals surface area contributed by atoms with Crippen LogP contribution in [-0.4, -0.2) is 28.0 Å². The van der Waals surface area contributed by atoms with Crippen molar-refractivity contribution < 1.29 is 19.2 Å². The fourth-order valence-corrected chi connectivity index (χ4v) is 6.36. The average molecular weight is 776 g/mol. The van der Waals surface area contributed by atoms with Crippen LogP contribution in [0.25, 0.3) is 22.0 Å². The Morgan fingerprint density at radius 1 is 0.976 bits per heavy atom. The van der Waals surface area contributed by atoms with Gasteiger partial charge in [-0.15, -0.1) is 0 Å². The van der Waals surface area contributed by atoms with E-state index in [1.54, 1.807) is 18.2 Å². The molecule has 0 unspecified atom stereocenters. The third kappa shape index (κ3) is 6.31. The van der Waals surface area contributed by atoms with Gasteiger partial charge in [-0.2, -0.15) is 5.10 Å². The van der Waals surface area contributed by atoms with E-state index in [9.17, 15) is 19.7 Å². The number of ether oxygens (including phenoxy) is 1. The number of esters is 1. The number of non-ortho nitro benzene ring substituents is 1. The summed E-state index contributed by atoms with van der Waals surface area (Å²) < 4.78 is 7.44. The molecule has 5 rings (SSSR count). The van der Waals surface area contributed by atoms with Crippen LogP contribution in [0.4, 0.5) is 5.69 Å². The van der Waals surface area contributed by atoms with Crippen LogP contribution in [0, 0.1) is 10.1 Å². The lowest BCUT2D eigenvalue weighted by Gasteiger charge is -2.10. The molecule has 4 aromatic carbocycles. The summed E-state index contributed by atoms with van der Waals surface area (Å²) in [6, 6.07) is 21.4. The molecular weight excluding hydrogens is 760 g/mol. The first kappa shape index (κ1) is 29.6. The Morgan fingerprint density at radius 3 is 2.36 bits per heavy atom. The molecule has 0 aliphatic carbocycles. The van der Waals surface area contributed by atoms with Gasteiger partial charge in [-0.1, -0.05) is 73.8 Å². The number of rotatable bonds is 7. The second-order valence-corrected chi connectivity index (χ2v) is 11.8. The van der Waals surface area contributed by atoms with Crippen LogP contribution in [0.2, 0.25) is 5.02 Å². The van der Waals surface area contributed by atoms with Gasteiger partial charge in [0, 0.05) is 37.6 Å². The van der Waals surface area contributed by atoms with Gasteiger partial charge in [-0.05, 0) is 57.9 Å². The van der Waals surface area contributed by atoms with Crippen molar-refractivity contribution in [2.75, 3.05) is 0 Å². The maximum Gasteiger partial charge on any atom is 0.343 e. The first-order valence-electron chi connectivity index (χ1n) is 12.0. The van der Waals surface area contributed by atoms with Crippen LogP contribution in [0.1, 0.15) is 26.4 Å². The zero-order chi connectivity index (χ0) is 30.0. The molecule has 0 aliphatic heterocycles. The van der Waals surface area contributed by atoms with Gasteiger partial charge in [0.15, 0.2) is 5.75 Å². The number of carbonyl (C=O) groups is 2. The number of hydrazone groups is 1. The lowest BCUT2D eigenvalue weighted by molar-refractivity contribution is -0.384. The molecular formula is C29H16Br3ClN4O5. The third-order valence-corrected chi connectivity index (χ3v) is 7.83. The molecule has 0 radical (unpaired) electrons. The number of H-pyrrole nitrogens is 1. The molecule has 0 saturated heterocycles. The minimum absolute atomic E-state index is 0.115. The number of hydrogen-bond acceptors (Lipinski definition) is 6. The Bertz CT molecular complexity index is 1890. The summed E-state index contributed by atoms with van der Waals surface area (Å²) >= 11 is 16.7. The molecule has 1 amide bonds. The topological polar surface area (TPSA) is 127 Å². The highest BCUT2D eigenvalue weighted by atomic mass is 79.9. The predicted octanol–water partition coefficient (Wildman–Crippen LogP) is 8.67. The monoisotopic (exact) mass is 772 g/mol. The van der Waals surface area contributed by atoms with E-state index in [4.69, 9.17) is 16.3 Å². The van der Waals surface area contributed by atoms with E-state index in [0.717, 1.165) is 15.4 Å². The van der Waals surface area contributed by atoms with Crippen LogP contribution >= 0.6 is 59.4 Å². The molecule has 5 aromatic rings. The van der Waals surface area contributed by atoms with Crippen LogP contribution in [0.15, 0.2) is 97.4 Å². The number of aromatic amines is 1. The number of nitro benzene ring substituents is 1.